The van der Waals surface area contributed by atoms with Crippen LogP contribution in [0.2, 0.25) is 0 Å². The minimum Gasteiger partial charge on any atom is -0.382 e. The topological polar surface area (TPSA) is 133 Å². The van der Waals surface area contributed by atoms with Crippen molar-refractivity contribution in [1.29, 1.82) is 0 Å². The number of sulfone groups is 1. The molecule has 1 aliphatic heterocycles. The lowest BCUT2D eigenvalue weighted by Gasteiger charge is -2.11. The number of rotatable bonds is 9. The first kappa shape index (κ1) is 26.0. The number of anilines is 1. The molecule has 2 atom stereocenters. The summed E-state index contributed by atoms with van der Waals surface area (Å²) in [6.45, 7) is 5.93. The van der Waals surface area contributed by atoms with Gasteiger partial charge in [0.15, 0.2) is 27.1 Å². The summed E-state index contributed by atoms with van der Waals surface area (Å²) in [5.41, 5.74) is 10.5. The van der Waals surface area contributed by atoms with Gasteiger partial charge in [-0.2, -0.15) is 0 Å². The van der Waals surface area contributed by atoms with Crippen LogP contribution >= 0.6 is 0 Å². The average Bonchev–Trinajstić information content (AvgIpc) is 3.65. The van der Waals surface area contributed by atoms with E-state index in [1.165, 1.54) is 5.56 Å². The van der Waals surface area contributed by atoms with Crippen molar-refractivity contribution in [1.82, 2.24) is 20.4 Å². The van der Waals surface area contributed by atoms with E-state index >= 15 is 0 Å². The SMILES string of the molecule is CCC(C)S(=O)(=O)c1ccc(-c2cnc(N)c(-c3cc(-c4ccc(CNC5CCOC5)cc4)no3)n2)cc1. The molecule has 198 valence electrons. The molecule has 0 spiro atoms. The van der Waals surface area contributed by atoms with Crippen LogP contribution in [-0.4, -0.2) is 48.0 Å². The van der Waals surface area contributed by atoms with Gasteiger partial charge in [0.05, 0.1) is 28.6 Å². The molecule has 1 aliphatic rings. The molecule has 9 nitrogen and oxygen atoms in total. The second-order valence-corrected chi connectivity index (χ2v) is 11.9. The largest absolute Gasteiger partial charge is 0.382 e. The van der Waals surface area contributed by atoms with Crippen LogP contribution in [0.4, 0.5) is 5.82 Å². The van der Waals surface area contributed by atoms with Crippen LogP contribution in [0.1, 0.15) is 32.3 Å². The van der Waals surface area contributed by atoms with Gasteiger partial charge in [0.1, 0.15) is 5.69 Å². The molecule has 3 heterocycles. The van der Waals surface area contributed by atoms with Crippen molar-refractivity contribution in [3.63, 3.8) is 0 Å². The van der Waals surface area contributed by atoms with Crippen molar-refractivity contribution in [2.45, 2.75) is 49.4 Å². The van der Waals surface area contributed by atoms with Crippen LogP contribution in [0.15, 0.2) is 70.2 Å². The van der Waals surface area contributed by atoms with Gasteiger partial charge in [-0.05, 0) is 37.5 Å². The molecule has 0 radical (unpaired) electrons. The van der Waals surface area contributed by atoms with Crippen molar-refractivity contribution in [3.05, 3.63) is 66.4 Å². The Bertz CT molecular complexity index is 1500. The fraction of sp³-hybridized carbons (Fsp3) is 0.321. The second-order valence-electron chi connectivity index (χ2n) is 9.49. The maximum Gasteiger partial charge on any atom is 0.189 e. The molecule has 0 saturated carbocycles. The van der Waals surface area contributed by atoms with E-state index in [0.29, 0.717) is 35.3 Å². The van der Waals surface area contributed by atoms with Gasteiger partial charge < -0.3 is 20.3 Å². The van der Waals surface area contributed by atoms with Gasteiger partial charge in [-0.3, -0.25) is 0 Å². The molecule has 2 unspecified atom stereocenters. The third kappa shape index (κ3) is 5.47. The Labute approximate surface area is 222 Å². The van der Waals surface area contributed by atoms with Crippen LogP contribution < -0.4 is 11.1 Å². The molecule has 1 fully saturated rings. The van der Waals surface area contributed by atoms with Crippen molar-refractivity contribution in [3.8, 4) is 34.0 Å². The van der Waals surface area contributed by atoms with Crippen molar-refractivity contribution in [2.24, 2.45) is 0 Å². The normalized spacial score (nSPS) is 16.5. The van der Waals surface area contributed by atoms with Crippen molar-refractivity contribution >= 4 is 15.7 Å². The number of nitrogens with two attached hydrogens (primary N) is 1. The van der Waals surface area contributed by atoms with Crippen LogP contribution in [-0.2, 0) is 21.1 Å². The Morgan fingerprint density at radius 3 is 2.47 bits per heavy atom. The molecular weight excluding hydrogens is 502 g/mol. The fourth-order valence-corrected chi connectivity index (χ4v) is 5.68. The van der Waals surface area contributed by atoms with E-state index in [0.717, 1.165) is 37.3 Å². The summed E-state index contributed by atoms with van der Waals surface area (Å²) in [6.07, 6.45) is 3.14. The third-order valence-electron chi connectivity index (χ3n) is 6.90. The average molecular weight is 534 g/mol. The zero-order valence-corrected chi connectivity index (χ0v) is 22.2. The van der Waals surface area contributed by atoms with Crippen molar-refractivity contribution < 1.29 is 17.7 Å². The Balaban J connectivity index is 1.33. The van der Waals surface area contributed by atoms with Gasteiger partial charge in [0.2, 0.25) is 0 Å². The van der Waals surface area contributed by atoms with E-state index in [4.69, 9.17) is 15.0 Å². The summed E-state index contributed by atoms with van der Waals surface area (Å²) >= 11 is 0. The van der Waals surface area contributed by atoms with Gasteiger partial charge in [0, 0.05) is 36.4 Å². The first-order valence-corrected chi connectivity index (χ1v) is 14.2. The number of aromatic nitrogens is 3. The van der Waals surface area contributed by atoms with Crippen LogP contribution in [0.3, 0.4) is 0 Å². The highest BCUT2D eigenvalue weighted by molar-refractivity contribution is 7.92. The minimum atomic E-state index is -3.37. The molecule has 4 aromatic rings. The minimum absolute atomic E-state index is 0.213. The maximum absolute atomic E-state index is 12.6. The predicted octanol–water partition coefficient (Wildman–Crippen LogP) is 4.50. The Kier molecular flexibility index (Phi) is 7.55. The van der Waals surface area contributed by atoms with E-state index < -0.39 is 15.1 Å². The van der Waals surface area contributed by atoms with E-state index in [-0.39, 0.29) is 10.7 Å². The molecule has 3 N–H and O–H groups in total. The first-order valence-electron chi connectivity index (χ1n) is 12.7. The molecule has 38 heavy (non-hydrogen) atoms. The number of hydrogen-bond acceptors (Lipinski definition) is 9. The summed E-state index contributed by atoms with van der Waals surface area (Å²) in [5.74, 6) is 0.611. The molecular formula is C28H31N5O4S. The summed E-state index contributed by atoms with van der Waals surface area (Å²) in [5, 5.41) is 7.27. The fourth-order valence-electron chi connectivity index (χ4n) is 4.26. The summed E-state index contributed by atoms with van der Waals surface area (Å²) in [7, 11) is -3.37. The second kappa shape index (κ2) is 11.0. The number of nitrogen functional groups attached to an aromatic ring is 1. The Hall–Kier alpha value is -3.60. The zero-order chi connectivity index (χ0) is 26.7. The summed E-state index contributed by atoms with van der Waals surface area (Å²) < 4.78 is 36.3. The molecule has 0 aliphatic carbocycles. The van der Waals surface area contributed by atoms with Crippen LogP contribution in [0, 0.1) is 0 Å². The van der Waals surface area contributed by atoms with Gasteiger partial charge in [0.25, 0.3) is 0 Å². The monoisotopic (exact) mass is 533 g/mol. The third-order valence-corrected chi connectivity index (χ3v) is 9.22. The molecule has 2 aromatic carbocycles. The molecule has 1 saturated heterocycles. The molecule has 10 heteroatoms. The van der Waals surface area contributed by atoms with E-state index in [1.54, 1.807) is 43.5 Å². The maximum atomic E-state index is 12.6. The first-order chi connectivity index (χ1) is 18.3. The molecule has 2 aromatic heterocycles. The van der Waals surface area contributed by atoms with Crippen LogP contribution in [0.25, 0.3) is 34.0 Å². The van der Waals surface area contributed by atoms with Gasteiger partial charge in [-0.15, -0.1) is 0 Å². The highest BCUT2D eigenvalue weighted by atomic mass is 32.2. The van der Waals surface area contributed by atoms with Gasteiger partial charge in [-0.25, -0.2) is 18.4 Å². The van der Waals surface area contributed by atoms with E-state index in [9.17, 15) is 8.42 Å². The summed E-state index contributed by atoms with van der Waals surface area (Å²) in [4.78, 5) is 9.22. The van der Waals surface area contributed by atoms with Crippen LogP contribution in [0.5, 0.6) is 0 Å². The molecule has 0 bridgehead atoms. The van der Waals surface area contributed by atoms with Crippen molar-refractivity contribution in [2.75, 3.05) is 18.9 Å². The smallest absolute Gasteiger partial charge is 0.189 e. The quantitative estimate of drug-likeness (QED) is 0.319. The highest BCUT2D eigenvalue weighted by Gasteiger charge is 2.22. The lowest BCUT2D eigenvalue weighted by Crippen LogP contribution is -2.28. The van der Waals surface area contributed by atoms with Gasteiger partial charge in [-0.1, -0.05) is 48.5 Å². The number of ether oxygens (including phenoxy) is 1. The number of nitrogens with zero attached hydrogens (tertiary/aromatic N) is 3. The Morgan fingerprint density at radius 1 is 1.08 bits per heavy atom. The number of hydrogen-bond donors (Lipinski definition) is 2. The highest BCUT2D eigenvalue weighted by Crippen LogP contribution is 2.30. The standard InChI is InChI=1S/C28H31N5O4S/c1-3-18(2)38(34,35)23-10-8-21(9-11-23)25-16-31-28(29)27(32-25)26-14-24(33-37-26)20-6-4-19(5-7-20)15-30-22-12-13-36-17-22/h4-11,14,16,18,22,30H,3,12-13,15,17H2,1-2H3,(H2,29,31). The lowest BCUT2D eigenvalue weighted by molar-refractivity contribution is 0.190. The number of nitrogens with one attached hydrogen (secondary N) is 1. The molecule has 0 amide bonds. The van der Waals surface area contributed by atoms with Gasteiger partial charge >= 0.3 is 0 Å². The predicted molar refractivity (Wildman–Crippen MR) is 146 cm³/mol. The Morgan fingerprint density at radius 2 is 1.79 bits per heavy atom. The number of benzene rings is 2. The van der Waals surface area contributed by atoms with E-state index in [1.807, 2.05) is 19.1 Å². The van der Waals surface area contributed by atoms with E-state index in [2.05, 4.69) is 32.6 Å². The molecule has 5 rings (SSSR count). The summed E-state index contributed by atoms with van der Waals surface area (Å²) in [6, 6.07) is 17.0. The zero-order valence-electron chi connectivity index (χ0n) is 21.4. The lowest BCUT2D eigenvalue weighted by atomic mass is 10.1.